The van der Waals surface area contributed by atoms with Crippen molar-refractivity contribution in [1.82, 2.24) is 10.3 Å². The average Bonchev–Trinajstić information content (AvgIpc) is 3.11. The number of pyridine rings is 1. The van der Waals surface area contributed by atoms with Crippen molar-refractivity contribution in [2.45, 2.75) is 44.8 Å². The lowest BCUT2D eigenvalue weighted by atomic mass is 10.1. The smallest absolute Gasteiger partial charge is 0.244 e. The Labute approximate surface area is 142 Å². The van der Waals surface area contributed by atoms with Crippen LogP contribution in [0.5, 0.6) is 0 Å². The predicted molar refractivity (Wildman–Crippen MR) is 96.6 cm³/mol. The number of nitrogens with one attached hydrogen (secondary N) is 1. The highest BCUT2D eigenvalue weighted by Crippen LogP contribution is 2.18. The molecule has 3 rings (SSSR count). The van der Waals surface area contributed by atoms with E-state index in [4.69, 9.17) is 4.74 Å². The molecule has 2 aromatic rings. The Morgan fingerprint density at radius 3 is 3.12 bits per heavy atom. The highest BCUT2D eigenvalue weighted by molar-refractivity contribution is 5.95. The molecule has 1 N–H and O–H groups in total. The molecule has 1 fully saturated rings. The molecule has 1 amide bonds. The van der Waals surface area contributed by atoms with Gasteiger partial charge in [-0.25, -0.2) is 0 Å². The summed E-state index contributed by atoms with van der Waals surface area (Å²) >= 11 is 0. The van der Waals surface area contributed by atoms with Crippen molar-refractivity contribution in [3.8, 4) is 0 Å². The van der Waals surface area contributed by atoms with E-state index >= 15 is 0 Å². The first kappa shape index (κ1) is 16.7. The van der Waals surface area contributed by atoms with Gasteiger partial charge < -0.3 is 10.1 Å². The molecule has 0 unspecified atom stereocenters. The maximum Gasteiger partial charge on any atom is 0.244 e. The molecule has 126 valence electrons. The van der Waals surface area contributed by atoms with Crippen LogP contribution in [0.3, 0.4) is 0 Å². The molecule has 0 radical (unpaired) electrons. The first-order chi connectivity index (χ1) is 11.7. The Balaban J connectivity index is 1.54. The number of nitrogens with zero attached hydrogens (tertiary/aromatic N) is 1. The largest absolute Gasteiger partial charge is 0.378 e. The van der Waals surface area contributed by atoms with E-state index in [1.54, 1.807) is 12.3 Å². The second-order valence-corrected chi connectivity index (χ2v) is 6.37. The van der Waals surface area contributed by atoms with Gasteiger partial charge in [0.15, 0.2) is 0 Å². The molecule has 2 atom stereocenters. The van der Waals surface area contributed by atoms with Crippen LogP contribution >= 0.6 is 0 Å². The van der Waals surface area contributed by atoms with Gasteiger partial charge in [-0.2, -0.15) is 0 Å². The molecule has 0 aliphatic carbocycles. The van der Waals surface area contributed by atoms with Crippen LogP contribution in [-0.4, -0.2) is 29.6 Å². The molecule has 0 bridgehead atoms. The number of ether oxygens (including phenoxy) is 1. The van der Waals surface area contributed by atoms with Crippen LogP contribution in [0.1, 0.15) is 38.2 Å². The van der Waals surface area contributed by atoms with Gasteiger partial charge in [-0.15, -0.1) is 0 Å². The lowest BCUT2D eigenvalue weighted by Crippen LogP contribution is -2.31. The first-order valence-corrected chi connectivity index (χ1v) is 8.66. The topological polar surface area (TPSA) is 51.2 Å². The van der Waals surface area contributed by atoms with Gasteiger partial charge in [-0.3, -0.25) is 9.78 Å². The summed E-state index contributed by atoms with van der Waals surface area (Å²) in [6.07, 6.45) is 9.87. The van der Waals surface area contributed by atoms with E-state index in [9.17, 15) is 4.79 Å². The van der Waals surface area contributed by atoms with Crippen LogP contribution in [0.25, 0.3) is 17.0 Å². The van der Waals surface area contributed by atoms with Gasteiger partial charge in [-0.1, -0.05) is 18.2 Å². The van der Waals surface area contributed by atoms with Gasteiger partial charge in [0, 0.05) is 30.3 Å². The molecule has 24 heavy (non-hydrogen) atoms. The van der Waals surface area contributed by atoms with Crippen molar-refractivity contribution in [2.75, 3.05) is 6.61 Å². The van der Waals surface area contributed by atoms with Crippen molar-refractivity contribution < 1.29 is 9.53 Å². The quantitative estimate of drug-likeness (QED) is 0.824. The zero-order valence-electron chi connectivity index (χ0n) is 14.1. The van der Waals surface area contributed by atoms with Crippen molar-refractivity contribution in [3.05, 3.63) is 48.2 Å². The number of hydrogen-bond acceptors (Lipinski definition) is 3. The minimum absolute atomic E-state index is 0.0595. The number of amides is 1. The Morgan fingerprint density at radius 1 is 1.42 bits per heavy atom. The average molecular weight is 324 g/mol. The monoisotopic (exact) mass is 324 g/mol. The van der Waals surface area contributed by atoms with E-state index in [1.807, 2.05) is 43.3 Å². The van der Waals surface area contributed by atoms with E-state index in [0.717, 1.165) is 48.8 Å². The Hall–Kier alpha value is -2.20. The number of fused-ring (bicyclic) bond motifs is 1. The maximum atomic E-state index is 12.1. The molecule has 0 saturated carbocycles. The fraction of sp³-hybridized carbons (Fsp3) is 0.400. The summed E-state index contributed by atoms with van der Waals surface area (Å²) in [5.74, 6) is -0.0595. The SMILES string of the molecule is C[C@H](CC[C@H]1CCCO1)NC(=O)/C=C\c1ccnc2ccccc12. The van der Waals surface area contributed by atoms with Gasteiger partial charge in [-0.05, 0) is 56.4 Å². The fourth-order valence-electron chi connectivity index (χ4n) is 3.10. The third kappa shape index (κ3) is 4.42. The van der Waals surface area contributed by atoms with E-state index in [1.165, 1.54) is 0 Å². The molecule has 2 heterocycles. The first-order valence-electron chi connectivity index (χ1n) is 8.66. The standard InChI is InChI=1S/C20H24N2O2/c1-15(8-10-17-5-4-14-24-17)22-20(23)11-9-16-12-13-21-19-7-3-2-6-18(16)19/h2-3,6-7,9,11-13,15,17H,4-5,8,10,14H2,1H3,(H,22,23)/b11-9-/t15-,17-/m1/s1. The number of benzene rings is 1. The lowest BCUT2D eigenvalue weighted by molar-refractivity contribution is -0.117. The van der Waals surface area contributed by atoms with E-state index < -0.39 is 0 Å². The summed E-state index contributed by atoms with van der Waals surface area (Å²) in [5.41, 5.74) is 1.94. The van der Waals surface area contributed by atoms with Gasteiger partial charge in [0.05, 0.1) is 11.6 Å². The molecule has 1 aliphatic rings. The number of carbonyl (C=O) groups excluding carboxylic acids is 1. The molecule has 4 nitrogen and oxygen atoms in total. The zero-order chi connectivity index (χ0) is 16.8. The molecular formula is C20H24N2O2. The van der Waals surface area contributed by atoms with Crippen molar-refractivity contribution in [2.24, 2.45) is 0 Å². The zero-order valence-corrected chi connectivity index (χ0v) is 14.1. The summed E-state index contributed by atoms with van der Waals surface area (Å²) < 4.78 is 5.62. The number of hydrogen-bond donors (Lipinski definition) is 1. The molecule has 0 spiro atoms. The molecular weight excluding hydrogens is 300 g/mol. The van der Waals surface area contributed by atoms with Crippen LogP contribution in [0.15, 0.2) is 42.6 Å². The van der Waals surface area contributed by atoms with Gasteiger partial charge >= 0.3 is 0 Å². The van der Waals surface area contributed by atoms with Crippen LogP contribution in [0.4, 0.5) is 0 Å². The van der Waals surface area contributed by atoms with Crippen molar-refractivity contribution >= 4 is 22.9 Å². The number of rotatable bonds is 6. The van der Waals surface area contributed by atoms with Gasteiger partial charge in [0.2, 0.25) is 5.91 Å². The highest BCUT2D eigenvalue weighted by Gasteiger charge is 2.16. The number of aromatic nitrogens is 1. The lowest BCUT2D eigenvalue weighted by Gasteiger charge is -2.15. The van der Waals surface area contributed by atoms with E-state index in [-0.39, 0.29) is 11.9 Å². The number of carbonyl (C=O) groups is 1. The maximum absolute atomic E-state index is 12.1. The second-order valence-electron chi connectivity index (χ2n) is 6.37. The Morgan fingerprint density at radius 2 is 2.29 bits per heavy atom. The van der Waals surface area contributed by atoms with E-state index in [0.29, 0.717) is 6.10 Å². The van der Waals surface area contributed by atoms with Crippen LogP contribution in [-0.2, 0) is 9.53 Å². The molecule has 1 saturated heterocycles. The fourth-order valence-corrected chi connectivity index (χ4v) is 3.10. The summed E-state index contributed by atoms with van der Waals surface area (Å²) in [4.78, 5) is 16.4. The van der Waals surface area contributed by atoms with Gasteiger partial charge in [0.1, 0.15) is 0 Å². The molecule has 4 heteroatoms. The summed E-state index contributed by atoms with van der Waals surface area (Å²) in [7, 11) is 0. The summed E-state index contributed by atoms with van der Waals surface area (Å²) in [6, 6.07) is 10.0. The van der Waals surface area contributed by atoms with Gasteiger partial charge in [0.25, 0.3) is 0 Å². The van der Waals surface area contributed by atoms with Crippen LogP contribution in [0, 0.1) is 0 Å². The minimum Gasteiger partial charge on any atom is -0.378 e. The van der Waals surface area contributed by atoms with Crippen molar-refractivity contribution in [1.29, 1.82) is 0 Å². The van der Waals surface area contributed by atoms with Crippen molar-refractivity contribution in [3.63, 3.8) is 0 Å². The normalized spacial score (nSPS) is 19.0. The Bertz CT molecular complexity index is 715. The Kier molecular flexibility index (Phi) is 5.59. The minimum atomic E-state index is -0.0595. The predicted octanol–water partition coefficient (Wildman–Crippen LogP) is 3.71. The second kappa shape index (κ2) is 8.06. The van der Waals surface area contributed by atoms with Crippen LogP contribution < -0.4 is 5.32 Å². The third-order valence-electron chi connectivity index (χ3n) is 4.43. The highest BCUT2D eigenvalue weighted by atomic mass is 16.5. The summed E-state index contributed by atoms with van der Waals surface area (Å²) in [5, 5.41) is 4.08. The van der Waals surface area contributed by atoms with Crippen LogP contribution in [0.2, 0.25) is 0 Å². The molecule has 1 aromatic heterocycles. The van der Waals surface area contributed by atoms with E-state index in [2.05, 4.69) is 10.3 Å². The molecule has 1 aromatic carbocycles. The number of para-hydroxylation sites is 1. The molecule has 1 aliphatic heterocycles. The summed E-state index contributed by atoms with van der Waals surface area (Å²) in [6.45, 7) is 2.93. The third-order valence-corrected chi connectivity index (χ3v) is 4.43.